The first-order chi connectivity index (χ1) is 23.3. The van der Waals surface area contributed by atoms with E-state index in [1.165, 1.54) is 83.5 Å². The predicted molar refractivity (Wildman–Crippen MR) is 194 cm³/mol. The quantitative estimate of drug-likeness (QED) is 0.0591. The Morgan fingerprint density at radius 2 is 0.340 bits per heavy atom. The molecule has 0 aliphatic heterocycles. The van der Waals surface area contributed by atoms with Crippen LogP contribution in [0.3, 0.4) is 0 Å². The van der Waals surface area contributed by atoms with E-state index in [9.17, 15) is 0 Å². The van der Waals surface area contributed by atoms with Gasteiger partial charge in [-0.3, -0.25) is 0 Å². The summed E-state index contributed by atoms with van der Waals surface area (Å²) in [6.07, 6.45) is 20.1. The van der Waals surface area contributed by atoms with Crippen molar-refractivity contribution < 1.29 is 42.6 Å². The van der Waals surface area contributed by atoms with Gasteiger partial charge in [-0.2, -0.15) is 0 Å². The van der Waals surface area contributed by atoms with Crippen molar-refractivity contribution in [2.24, 2.45) is 0 Å². The third-order valence-corrected chi connectivity index (χ3v) is 7.17. The molecule has 0 saturated carbocycles. The van der Waals surface area contributed by atoms with E-state index in [0.717, 1.165) is 45.7 Å². The normalized spacial score (nSPS) is 11.2. The zero-order valence-electron chi connectivity index (χ0n) is 31.7. The van der Waals surface area contributed by atoms with Crippen LogP contribution in [0.2, 0.25) is 0 Å². The van der Waals surface area contributed by atoms with E-state index >= 15 is 0 Å². The van der Waals surface area contributed by atoms with Crippen LogP contribution in [0.1, 0.15) is 130 Å². The molecule has 9 nitrogen and oxygen atoms in total. The smallest absolute Gasteiger partial charge is 0.0701 e. The van der Waals surface area contributed by atoms with Gasteiger partial charge in [-0.1, -0.05) is 105 Å². The van der Waals surface area contributed by atoms with Gasteiger partial charge in [0.15, 0.2) is 0 Å². The van der Waals surface area contributed by atoms with Gasteiger partial charge in [-0.15, -0.1) is 0 Å². The van der Waals surface area contributed by atoms with Crippen molar-refractivity contribution in [2.75, 3.05) is 119 Å². The average molecular weight is 681 g/mol. The fraction of sp³-hybridized carbons (Fsp3) is 1.00. The van der Waals surface area contributed by atoms with E-state index in [-0.39, 0.29) is 0 Å². The SMILES string of the molecule is CCCCCCCCOCCOCCOCCOCCCCCC.CCCCCCOCCOCCOCCOCCOCCCC. The van der Waals surface area contributed by atoms with Crippen LogP contribution in [0.15, 0.2) is 0 Å². The second kappa shape index (κ2) is 50.0. The van der Waals surface area contributed by atoms with Crippen LogP contribution >= 0.6 is 0 Å². The van der Waals surface area contributed by atoms with Gasteiger partial charge in [0.05, 0.1) is 92.5 Å². The molecular formula is C38H80O9. The highest BCUT2D eigenvalue weighted by Gasteiger charge is 1.96. The molecule has 0 N–H and O–H groups in total. The van der Waals surface area contributed by atoms with E-state index in [2.05, 4.69) is 27.7 Å². The van der Waals surface area contributed by atoms with Gasteiger partial charge in [0.1, 0.15) is 0 Å². The Morgan fingerprint density at radius 1 is 0.170 bits per heavy atom. The van der Waals surface area contributed by atoms with Crippen LogP contribution in [0.5, 0.6) is 0 Å². The lowest BCUT2D eigenvalue weighted by Crippen LogP contribution is -2.13. The largest absolute Gasteiger partial charge is 0.379 e. The van der Waals surface area contributed by atoms with Gasteiger partial charge in [-0.05, 0) is 25.7 Å². The minimum Gasteiger partial charge on any atom is -0.379 e. The van der Waals surface area contributed by atoms with Crippen molar-refractivity contribution in [2.45, 2.75) is 130 Å². The van der Waals surface area contributed by atoms with Crippen molar-refractivity contribution in [3.63, 3.8) is 0 Å². The maximum atomic E-state index is 5.55. The van der Waals surface area contributed by atoms with Gasteiger partial charge >= 0.3 is 0 Å². The van der Waals surface area contributed by atoms with Gasteiger partial charge in [0.2, 0.25) is 0 Å². The molecule has 9 heteroatoms. The molecule has 0 rings (SSSR count). The van der Waals surface area contributed by atoms with E-state index in [1.54, 1.807) is 0 Å². The van der Waals surface area contributed by atoms with Crippen LogP contribution in [-0.2, 0) is 42.6 Å². The number of hydrogen-bond donors (Lipinski definition) is 0. The molecule has 0 fully saturated rings. The lowest BCUT2D eigenvalue weighted by molar-refractivity contribution is -0.0113. The Hall–Kier alpha value is -0.360. The molecule has 0 unspecified atom stereocenters. The summed E-state index contributed by atoms with van der Waals surface area (Å²) in [5, 5.41) is 0. The predicted octanol–water partition coefficient (Wildman–Crippen LogP) is 8.44. The summed E-state index contributed by atoms with van der Waals surface area (Å²) in [4.78, 5) is 0. The molecule has 286 valence electrons. The topological polar surface area (TPSA) is 83.1 Å². The Morgan fingerprint density at radius 3 is 0.596 bits per heavy atom. The second-order valence-corrected chi connectivity index (χ2v) is 11.8. The number of rotatable bonds is 41. The molecule has 0 atom stereocenters. The highest BCUT2D eigenvalue weighted by atomic mass is 16.6. The molecule has 0 bridgehead atoms. The van der Waals surface area contributed by atoms with Crippen molar-refractivity contribution in [1.29, 1.82) is 0 Å². The summed E-state index contributed by atoms with van der Waals surface area (Å²) in [5.41, 5.74) is 0. The summed E-state index contributed by atoms with van der Waals surface area (Å²) in [6, 6.07) is 0. The zero-order chi connectivity index (χ0) is 34.4. The van der Waals surface area contributed by atoms with E-state index in [1.807, 2.05) is 0 Å². The lowest BCUT2D eigenvalue weighted by atomic mass is 10.1. The standard InChI is InChI=1S/C20H42O4.C18H38O5/c1-3-5-7-9-10-12-14-22-16-18-24-20-19-23-17-15-21-13-11-8-6-4-2;1-3-5-7-8-10-20-12-14-22-16-18-23-17-15-21-13-11-19-9-6-4-2/h3-20H2,1-2H3;3-18H2,1-2H3. The van der Waals surface area contributed by atoms with E-state index in [4.69, 9.17) is 42.6 Å². The summed E-state index contributed by atoms with van der Waals surface area (Å²) in [6.45, 7) is 21.3. The number of hydrogen-bond acceptors (Lipinski definition) is 9. The van der Waals surface area contributed by atoms with Crippen LogP contribution in [0.4, 0.5) is 0 Å². The average Bonchev–Trinajstić information content (AvgIpc) is 3.09. The maximum Gasteiger partial charge on any atom is 0.0701 e. The molecule has 0 radical (unpaired) electrons. The Balaban J connectivity index is 0. The molecule has 0 saturated heterocycles. The van der Waals surface area contributed by atoms with Crippen LogP contribution < -0.4 is 0 Å². The first kappa shape index (κ1) is 48.8. The molecule has 0 aliphatic rings. The fourth-order valence-electron chi connectivity index (χ4n) is 4.24. The summed E-state index contributed by atoms with van der Waals surface area (Å²) in [7, 11) is 0. The first-order valence-corrected chi connectivity index (χ1v) is 19.5. The third-order valence-electron chi connectivity index (χ3n) is 7.17. The van der Waals surface area contributed by atoms with Gasteiger partial charge in [0, 0.05) is 26.4 Å². The lowest BCUT2D eigenvalue weighted by Gasteiger charge is -2.08. The first-order valence-electron chi connectivity index (χ1n) is 19.5. The summed E-state index contributed by atoms with van der Waals surface area (Å²) >= 11 is 0. The molecule has 0 amide bonds. The van der Waals surface area contributed by atoms with Crippen LogP contribution in [-0.4, -0.2) is 119 Å². The maximum absolute atomic E-state index is 5.55. The van der Waals surface area contributed by atoms with Gasteiger partial charge < -0.3 is 42.6 Å². The zero-order valence-corrected chi connectivity index (χ0v) is 31.7. The van der Waals surface area contributed by atoms with Crippen molar-refractivity contribution in [3.8, 4) is 0 Å². The molecular weight excluding hydrogens is 600 g/mol. The van der Waals surface area contributed by atoms with Crippen molar-refractivity contribution in [1.82, 2.24) is 0 Å². The van der Waals surface area contributed by atoms with Crippen molar-refractivity contribution >= 4 is 0 Å². The molecule has 0 aromatic heterocycles. The second-order valence-electron chi connectivity index (χ2n) is 11.8. The Bertz CT molecular complexity index is 458. The fourth-order valence-corrected chi connectivity index (χ4v) is 4.24. The van der Waals surface area contributed by atoms with Crippen LogP contribution in [0, 0.1) is 0 Å². The molecule has 0 heterocycles. The van der Waals surface area contributed by atoms with E-state index in [0.29, 0.717) is 92.5 Å². The summed E-state index contributed by atoms with van der Waals surface area (Å²) < 4.78 is 49.1. The van der Waals surface area contributed by atoms with Gasteiger partial charge in [0.25, 0.3) is 0 Å². The molecule has 0 aromatic carbocycles. The molecule has 0 spiro atoms. The molecule has 0 aliphatic carbocycles. The monoisotopic (exact) mass is 681 g/mol. The highest BCUT2D eigenvalue weighted by Crippen LogP contribution is 2.05. The van der Waals surface area contributed by atoms with Crippen LogP contribution in [0.25, 0.3) is 0 Å². The number of unbranched alkanes of at least 4 members (excludes halogenated alkanes) is 12. The summed E-state index contributed by atoms with van der Waals surface area (Å²) in [5.74, 6) is 0. The minimum atomic E-state index is 0.603. The third kappa shape index (κ3) is 52.6. The molecule has 0 aromatic rings. The Kier molecular flexibility index (Phi) is 51.9. The van der Waals surface area contributed by atoms with E-state index < -0.39 is 0 Å². The Labute approximate surface area is 291 Å². The number of ether oxygens (including phenoxy) is 9. The van der Waals surface area contributed by atoms with Crippen molar-refractivity contribution in [3.05, 3.63) is 0 Å². The highest BCUT2D eigenvalue weighted by molar-refractivity contribution is 4.44. The molecule has 47 heavy (non-hydrogen) atoms. The van der Waals surface area contributed by atoms with Gasteiger partial charge in [-0.25, -0.2) is 0 Å². The minimum absolute atomic E-state index is 0.603.